The summed E-state index contributed by atoms with van der Waals surface area (Å²) in [5.41, 5.74) is 0.822. The first-order valence-corrected chi connectivity index (χ1v) is 5.65. The van der Waals surface area contributed by atoms with E-state index in [1.807, 2.05) is 0 Å². The molecule has 1 atom stereocenters. The number of phenolic OH excluding ortho intramolecular Hbond substituents is 1. The molecule has 1 aliphatic rings. The molecule has 1 aromatic rings. The highest BCUT2D eigenvalue weighted by Gasteiger charge is 2.26. The molecule has 2 rings (SSSR count). The monoisotopic (exact) mass is 246 g/mol. The Kier molecular flexibility index (Phi) is 3.32. The molecule has 1 aliphatic heterocycles. The van der Waals surface area contributed by atoms with Crippen molar-refractivity contribution >= 4 is 11.8 Å². The molecule has 1 fully saturated rings. The third-order valence-corrected chi connectivity index (χ3v) is 2.81. The Morgan fingerprint density at radius 2 is 2.17 bits per heavy atom. The lowest BCUT2D eigenvalue weighted by Crippen LogP contribution is -2.49. The van der Waals surface area contributed by atoms with Gasteiger partial charge in [-0.15, -0.1) is 0 Å². The Hall–Kier alpha value is -2.30. The summed E-state index contributed by atoms with van der Waals surface area (Å²) in [5, 5.41) is 14.7. The van der Waals surface area contributed by atoms with Crippen LogP contribution in [0.5, 0.6) is 5.75 Å². The van der Waals surface area contributed by atoms with Crippen molar-refractivity contribution < 1.29 is 14.7 Å². The largest absolute Gasteiger partial charge is 0.507 e. The van der Waals surface area contributed by atoms with Crippen LogP contribution in [0.3, 0.4) is 0 Å². The number of para-hydroxylation sites is 1. The lowest BCUT2D eigenvalue weighted by molar-refractivity contribution is -0.123. The molecular weight excluding hydrogens is 232 g/mol. The lowest BCUT2D eigenvalue weighted by atomic mass is 10.0. The van der Waals surface area contributed by atoms with Gasteiger partial charge in [0, 0.05) is 5.70 Å². The van der Waals surface area contributed by atoms with E-state index in [0.29, 0.717) is 18.5 Å². The van der Waals surface area contributed by atoms with Crippen LogP contribution in [-0.4, -0.2) is 23.0 Å². The smallest absolute Gasteiger partial charge is 0.255 e. The van der Waals surface area contributed by atoms with Crippen LogP contribution in [-0.2, 0) is 4.79 Å². The Morgan fingerprint density at radius 1 is 1.44 bits per heavy atom. The molecular formula is C13H14N2O3. The van der Waals surface area contributed by atoms with Crippen molar-refractivity contribution in [1.82, 2.24) is 10.6 Å². The van der Waals surface area contributed by atoms with Crippen LogP contribution in [0.25, 0.3) is 0 Å². The van der Waals surface area contributed by atoms with E-state index in [9.17, 15) is 14.7 Å². The van der Waals surface area contributed by atoms with Crippen LogP contribution >= 0.6 is 0 Å². The fourth-order valence-corrected chi connectivity index (χ4v) is 1.81. The molecule has 0 radical (unpaired) electrons. The van der Waals surface area contributed by atoms with Crippen LogP contribution < -0.4 is 10.6 Å². The van der Waals surface area contributed by atoms with Gasteiger partial charge < -0.3 is 15.7 Å². The zero-order valence-corrected chi connectivity index (χ0v) is 9.77. The minimum Gasteiger partial charge on any atom is -0.507 e. The summed E-state index contributed by atoms with van der Waals surface area (Å²) in [5.74, 6) is -0.827. The van der Waals surface area contributed by atoms with Gasteiger partial charge in [-0.3, -0.25) is 9.59 Å². The Balaban J connectivity index is 2.06. The molecule has 3 N–H and O–H groups in total. The van der Waals surface area contributed by atoms with Crippen LogP contribution in [0, 0.1) is 0 Å². The number of piperidine rings is 1. The summed E-state index contributed by atoms with van der Waals surface area (Å²) >= 11 is 0. The van der Waals surface area contributed by atoms with E-state index in [4.69, 9.17) is 0 Å². The standard InChI is InChI=1S/C13H14N2O3/c1-8-6-7-10(13(18)14-8)15-12(17)9-4-2-3-5-11(9)16/h2-5,10,16H,1,6-7H2,(H,14,18)(H,15,17). The molecule has 1 aromatic carbocycles. The second kappa shape index (κ2) is 4.91. The molecule has 0 bridgehead atoms. The second-order valence-corrected chi connectivity index (χ2v) is 4.17. The molecule has 1 saturated heterocycles. The summed E-state index contributed by atoms with van der Waals surface area (Å²) in [6, 6.07) is 5.63. The van der Waals surface area contributed by atoms with Crippen molar-refractivity contribution in [1.29, 1.82) is 0 Å². The average Bonchev–Trinajstić information content (AvgIpc) is 2.33. The molecule has 1 heterocycles. The highest BCUT2D eigenvalue weighted by molar-refractivity contribution is 5.99. The molecule has 0 aliphatic carbocycles. The van der Waals surface area contributed by atoms with Crippen LogP contribution in [0.2, 0.25) is 0 Å². The highest BCUT2D eigenvalue weighted by Crippen LogP contribution is 2.17. The normalized spacial score (nSPS) is 19.2. The number of allylic oxidation sites excluding steroid dienone is 1. The fourth-order valence-electron chi connectivity index (χ4n) is 1.81. The summed E-state index contributed by atoms with van der Waals surface area (Å²) in [6.45, 7) is 3.67. The van der Waals surface area contributed by atoms with Gasteiger partial charge in [0.25, 0.3) is 5.91 Å². The number of aromatic hydroxyl groups is 1. The number of nitrogens with one attached hydrogen (secondary N) is 2. The molecule has 5 nitrogen and oxygen atoms in total. The molecule has 0 spiro atoms. The number of amides is 2. The molecule has 94 valence electrons. The van der Waals surface area contributed by atoms with Gasteiger partial charge >= 0.3 is 0 Å². The summed E-state index contributed by atoms with van der Waals surface area (Å²) < 4.78 is 0. The average molecular weight is 246 g/mol. The Labute approximate surface area is 105 Å². The maximum Gasteiger partial charge on any atom is 0.255 e. The second-order valence-electron chi connectivity index (χ2n) is 4.17. The van der Waals surface area contributed by atoms with E-state index in [1.165, 1.54) is 12.1 Å². The number of hydrogen-bond acceptors (Lipinski definition) is 3. The zero-order chi connectivity index (χ0) is 13.1. The summed E-state index contributed by atoms with van der Waals surface area (Å²) in [7, 11) is 0. The van der Waals surface area contributed by atoms with Crippen molar-refractivity contribution in [2.45, 2.75) is 18.9 Å². The van der Waals surface area contributed by atoms with Crippen molar-refractivity contribution in [3.8, 4) is 5.75 Å². The SMILES string of the molecule is C=C1CCC(NC(=O)c2ccccc2O)C(=O)N1. The van der Waals surface area contributed by atoms with Crippen LogP contribution in [0.1, 0.15) is 23.2 Å². The van der Waals surface area contributed by atoms with E-state index in [2.05, 4.69) is 17.2 Å². The zero-order valence-electron chi connectivity index (χ0n) is 9.77. The molecule has 0 saturated carbocycles. The van der Waals surface area contributed by atoms with Gasteiger partial charge in [0.05, 0.1) is 5.56 Å². The molecule has 2 amide bonds. The first-order valence-electron chi connectivity index (χ1n) is 5.65. The fraction of sp³-hybridized carbons (Fsp3) is 0.231. The first-order chi connectivity index (χ1) is 8.58. The highest BCUT2D eigenvalue weighted by atomic mass is 16.3. The lowest BCUT2D eigenvalue weighted by Gasteiger charge is -2.24. The number of carbonyl (C=O) groups is 2. The number of benzene rings is 1. The maximum absolute atomic E-state index is 11.9. The molecule has 18 heavy (non-hydrogen) atoms. The van der Waals surface area contributed by atoms with Crippen LogP contribution in [0.4, 0.5) is 0 Å². The molecule has 5 heteroatoms. The van der Waals surface area contributed by atoms with E-state index >= 15 is 0 Å². The van der Waals surface area contributed by atoms with Gasteiger partial charge in [0.1, 0.15) is 11.8 Å². The predicted molar refractivity (Wildman–Crippen MR) is 65.9 cm³/mol. The van der Waals surface area contributed by atoms with Crippen molar-refractivity contribution in [3.05, 3.63) is 42.1 Å². The van der Waals surface area contributed by atoms with E-state index in [0.717, 1.165) is 0 Å². The van der Waals surface area contributed by atoms with Gasteiger partial charge in [-0.25, -0.2) is 0 Å². The van der Waals surface area contributed by atoms with Crippen molar-refractivity contribution in [2.75, 3.05) is 0 Å². The predicted octanol–water partition coefficient (Wildman–Crippen LogP) is 0.914. The number of rotatable bonds is 2. The van der Waals surface area contributed by atoms with Crippen molar-refractivity contribution in [3.63, 3.8) is 0 Å². The summed E-state index contributed by atoms with van der Waals surface area (Å²) in [4.78, 5) is 23.5. The van der Waals surface area contributed by atoms with Gasteiger partial charge in [0.15, 0.2) is 0 Å². The van der Waals surface area contributed by atoms with E-state index in [-0.39, 0.29) is 17.2 Å². The third-order valence-electron chi connectivity index (χ3n) is 2.81. The molecule has 0 aromatic heterocycles. The number of carbonyl (C=O) groups excluding carboxylic acids is 2. The van der Waals surface area contributed by atoms with E-state index in [1.54, 1.807) is 12.1 Å². The minimum absolute atomic E-state index is 0.101. The van der Waals surface area contributed by atoms with Gasteiger partial charge in [0.2, 0.25) is 5.91 Å². The Morgan fingerprint density at radius 3 is 2.83 bits per heavy atom. The van der Waals surface area contributed by atoms with Gasteiger partial charge in [-0.05, 0) is 25.0 Å². The third kappa shape index (κ3) is 2.51. The summed E-state index contributed by atoms with van der Waals surface area (Å²) in [6.07, 6.45) is 1.15. The van der Waals surface area contributed by atoms with Gasteiger partial charge in [-0.2, -0.15) is 0 Å². The van der Waals surface area contributed by atoms with Crippen LogP contribution in [0.15, 0.2) is 36.5 Å². The maximum atomic E-state index is 11.9. The molecule has 1 unspecified atom stereocenters. The quantitative estimate of drug-likeness (QED) is 0.726. The van der Waals surface area contributed by atoms with Crippen molar-refractivity contribution in [2.24, 2.45) is 0 Å². The number of hydrogen-bond donors (Lipinski definition) is 3. The minimum atomic E-state index is -0.581. The van der Waals surface area contributed by atoms with Gasteiger partial charge in [-0.1, -0.05) is 18.7 Å². The topological polar surface area (TPSA) is 78.4 Å². The van der Waals surface area contributed by atoms with E-state index < -0.39 is 11.9 Å². The number of phenols is 1. The Bertz CT molecular complexity index is 511. The first kappa shape index (κ1) is 12.2.